The minimum absolute atomic E-state index is 0.211. The van der Waals surface area contributed by atoms with Gasteiger partial charge in [0.05, 0.1) is 18.8 Å². The van der Waals surface area contributed by atoms with E-state index in [9.17, 15) is 15.0 Å². The minimum atomic E-state index is -0.652. The van der Waals surface area contributed by atoms with Crippen LogP contribution in [0, 0.1) is 5.92 Å². The van der Waals surface area contributed by atoms with Crippen LogP contribution in [0.2, 0.25) is 0 Å². The number of carbonyl (C=O) groups excluding carboxylic acids is 1. The summed E-state index contributed by atoms with van der Waals surface area (Å²) in [4.78, 5) is 11.0. The van der Waals surface area contributed by atoms with Gasteiger partial charge in [0.1, 0.15) is 0 Å². The van der Waals surface area contributed by atoms with Crippen LogP contribution >= 0.6 is 0 Å². The summed E-state index contributed by atoms with van der Waals surface area (Å²) in [5.41, 5.74) is 0. The van der Waals surface area contributed by atoms with Crippen LogP contribution in [0.1, 0.15) is 104 Å². The van der Waals surface area contributed by atoms with Crippen LogP contribution < -0.4 is 5.32 Å². The predicted octanol–water partition coefficient (Wildman–Crippen LogP) is 4.57. The normalized spacial score (nSPS) is 14.9. The molecule has 0 fully saturated rings. The molecule has 0 heterocycles. The van der Waals surface area contributed by atoms with Crippen LogP contribution in [-0.4, -0.2) is 34.9 Å². The molecule has 0 saturated heterocycles. The number of rotatable bonds is 17. The average Bonchev–Trinajstić information content (AvgIpc) is 2.58. The highest BCUT2D eigenvalue weighted by molar-refractivity contribution is 5.73. The van der Waals surface area contributed by atoms with E-state index in [4.69, 9.17) is 0 Å². The van der Waals surface area contributed by atoms with E-state index in [0.717, 1.165) is 18.8 Å². The third kappa shape index (κ3) is 15.4. The van der Waals surface area contributed by atoms with E-state index in [2.05, 4.69) is 19.2 Å². The van der Waals surface area contributed by atoms with Crippen molar-refractivity contribution in [3.05, 3.63) is 0 Å². The first-order chi connectivity index (χ1) is 12.0. The van der Waals surface area contributed by atoms with Crippen LogP contribution in [0.5, 0.6) is 0 Å². The van der Waals surface area contributed by atoms with Crippen molar-refractivity contribution in [3.8, 4) is 0 Å². The number of aliphatic hydroxyl groups excluding tert-OH is 2. The molecule has 3 unspecified atom stereocenters. The summed E-state index contributed by atoms with van der Waals surface area (Å²) >= 11 is 0. The Kier molecular flexibility index (Phi) is 16.4. The number of aliphatic hydroxyl groups is 2. The fraction of sp³-hybridized carbons (Fsp3) is 0.952. The van der Waals surface area contributed by atoms with Crippen molar-refractivity contribution in [3.63, 3.8) is 0 Å². The Morgan fingerprint density at radius 1 is 0.880 bits per heavy atom. The van der Waals surface area contributed by atoms with Crippen molar-refractivity contribution in [1.82, 2.24) is 5.32 Å². The Morgan fingerprint density at radius 2 is 1.36 bits per heavy atom. The van der Waals surface area contributed by atoms with Crippen LogP contribution in [0.15, 0.2) is 0 Å². The van der Waals surface area contributed by atoms with Gasteiger partial charge in [-0.1, -0.05) is 90.9 Å². The summed E-state index contributed by atoms with van der Waals surface area (Å²) in [5.74, 6) is 0.618. The first kappa shape index (κ1) is 24.4. The lowest BCUT2D eigenvalue weighted by atomic mass is 9.95. The fourth-order valence-electron chi connectivity index (χ4n) is 3.34. The summed E-state index contributed by atoms with van der Waals surface area (Å²) in [6.45, 7) is 5.82. The molecule has 0 aromatic heterocycles. The molecule has 25 heavy (non-hydrogen) atoms. The quantitative estimate of drug-likeness (QED) is 0.334. The zero-order valence-electron chi connectivity index (χ0n) is 16.9. The third-order valence-electron chi connectivity index (χ3n) is 5.05. The summed E-state index contributed by atoms with van der Waals surface area (Å²) < 4.78 is 0. The van der Waals surface area contributed by atoms with E-state index >= 15 is 0 Å². The van der Waals surface area contributed by atoms with Gasteiger partial charge in [-0.05, 0) is 12.3 Å². The highest BCUT2D eigenvalue weighted by Gasteiger charge is 2.18. The molecule has 3 N–H and O–H groups in total. The molecule has 0 bridgehead atoms. The molecule has 0 aliphatic carbocycles. The number of carbonyl (C=O) groups is 1. The Balaban J connectivity index is 3.51. The molecule has 4 heteroatoms. The highest BCUT2D eigenvalue weighted by atomic mass is 16.3. The van der Waals surface area contributed by atoms with Gasteiger partial charge in [-0.2, -0.15) is 0 Å². The molecule has 0 aliphatic heterocycles. The van der Waals surface area contributed by atoms with Crippen LogP contribution in [0.4, 0.5) is 0 Å². The molecule has 0 rings (SSSR count). The standard InChI is InChI=1S/C21H43NO3/c1-4-5-6-7-8-11-14-18(2)15-12-9-10-13-16-21(25)20(17-23)22-19(3)24/h18,20-21,23,25H,4-17H2,1-3H3,(H,22,24). The number of unbranched alkanes of at least 4 members (excludes halogenated alkanes) is 8. The predicted molar refractivity (Wildman–Crippen MR) is 106 cm³/mol. The smallest absolute Gasteiger partial charge is 0.217 e. The molecular formula is C21H43NO3. The summed E-state index contributed by atoms with van der Waals surface area (Å²) in [6, 6.07) is -0.533. The van der Waals surface area contributed by atoms with E-state index in [1.807, 2.05) is 0 Å². The van der Waals surface area contributed by atoms with Crippen LogP contribution in [-0.2, 0) is 4.79 Å². The second kappa shape index (κ2) is 16.8. The Morgan fingerprint density at radius 3 is 1.84 bits per heavy atom. The number of hydrogen-bond donors (Lipinski definition) is 3. The van der Waals surface area contributed by atoms with Gasteiger partial charge < -0.3 is 15.5 Å². The molecular weight excluding hydrogens is 314 g/mol. The molecule has 4 nitrogen and oxygen atoms in total. The van der Waals surface area contributed by atoms with Crippen molar-refractivity contribution < 1.29 is 15.0 Å². The van der Waals surface area contributed by atoms with Gasteiger partial charge >= 0.3 is 0 Å². The van der Waals surface area contributed by atoms with Gasteiger partial charge in [-0.25, -0.2) is 0 Å². The van der Waals surface area contributed by atoms with Crippen molar-refractivity contribution >= 4 is 5.91 Å². The zero-order valence-corrected chi connectivity index (χ0v) is 16.9. The first-order valence-electron chi connectivity index (χ1n) is 10.6. The Hall–Kier alpha value is -0.610. The van der Waals surface area contributed by atoms with Crippen molar-refractivity contribution in [1.29, 1.82) is 0 Å². The minimum Gasteiger partial charge on any atom is -0.394 e. The number of hydrogen-bond acceptors (Lipinski definition) is 3. The maximum atomic E-state index is 11.0. The van der Waals surface area contributed by atoms with Gasteiger partial charge in [0, 0.05) is 6.92 Å². The first-order valence-corrected chi connectivity index (χ1v) is 10.6. The lowest BCUT2D eigenvalue weighted by molar-refractivity contribution is -0.121. The molecule has 0 aliphatic rings. The van der Waals surface area contributed by atoms with Gasteiger partial charge in [-0.15, -0.1) is 0 Å². The van der Waals surface area contributed by atoms with Gasteiger partial charge in [0.25, 0.3) is 0 Å². The molecule has 0 aromatic rings. The van der Waals surface area contributed by atoms with Crippen molar-refractivity contribution in [2.75, 3.05) is 6.61 Å². The van der Waals surface area contributed by atoms with Gasteiger partial charge in [0.15, 0.2) is 0 Å². The molecule has 0 saturated carbocycles. The summed E-state index contributed by atoms with van der Waals surface area (Å²) in [7, 11) is 0. The molecule has 150 valence electrons. The molecule has 0 radical (unpaired) electrons. The second-order valence-electron chi connectivity index (χ2n) is 7.71. The van der Waals surface area contributed by atoms with E-state index in [-0.39, 0.29) is 12.5 Å². The van der Waals surface area contributed by atoms with E-state index < -0.39 is 12.1 Å². The summed E-state index contributed by atoms with van der Waals surface area (Å²) in [6.07, 6.45) is 15.5. The van der Waals surface area contributed by atoms with E-state index in [0.29, 0.717) is 6.42 Å². The van der Waals surface area contributed by atoms with Crippen molar-refractivity contribution in [2.24, 2.45) is 5.92 Å². The molecule has 0 aromatic carbocycles. The topological polar surface area (TPSA) is 69.6 Å². The van der Waals surface area contributed by atoms with Crippen molar-refractivity contribution in [2.45, 2.75) is 116 Å². The largest absolute Gasteiger partial charge is 0.394 e. The maximum Gasteiger partial charge on any atom is 0.217 e. The fourth-order valence-corrected chi connectivity index (χ4v) is 3.34. The van der Waals surface area contributed by atoms with Gasteiger partial charge in [-0.3, -0.25) is 4.79 Å². The monoisotopic (exact) mass is 357 g/mol. The number of nitrogens with one attached hydrogen (secondary N) is 1. The third-order valence-corrected chi connectivity index (χ3v) is 5.05. The van der Waals surface area contributed by atoms with E-state index in [1.54, 1.807) is 0 Å². The highest BCUT2D eigenvalue weighted by Crippen LogP contribution is 2.18. The molecule has 3 atom stereocenters. The lowest BCUT2D eigenvalue weighted by Gasteiger charge is -2.21. The van der Waals surface area contributed by atoms with Crippen LogP contribution in [0.3, 0.4) is 0 Å². The summed E-state index contributed by atoms with van der Waals surface area (Å²) in [5, 5.41) is 21.8. The average molecular weight is 358 g/mol. The number of amides is 1. The zero-order chi connectivity index (χ0) is 18.9. The SMILES string of the molecule is CCCCCCCCC(C)CCCCCCC(O)C(CO)NC(C)=O. The maximum absolute atomic E-state index is 11.0. The Bertz CT molecular complexity index is 310. The molecule has 0 spiro atoms. The molecule has 1 amide bonds. The van der Waals surface area contributed by atoms with Crippen LogP contribution in [0.25, 0.3) is 0 Å². The Labute approximate surface area is 155 Å². The second-order valence-corrected chi connectivity index (χ2v) is 7.71. The van der Waals surface area contributed by atoms with Gasteiger partial charge in [0.2, 0.25) is 5.91 Å². The van der Waals surface area contributed by atoms with E-state index in [1.165, 1.54) is 71.1 Å². The lowest BCUT2D eigenvalue weighted by Crippen LogP contribution is -2.44.